The van der Waals surface area contributed by atoms with Gasteiger partial charge < -0.3 is 20.0 Å². The molecule has 0 aliphatic carbocycles. The first-order valence-electron chi connectivity index (χ1n) is 7.22. The highest BCUT2D eigenvalue weighted by Crippen LogP contribution is 2.04. The molecule has 0 spiro atoms. The van der Waals surface area contributed by atoms with E-state index < -0.39 is 0 Å². The quantitative estimate of drug-likeness (QED) is 0.789. The van der Waals surface area contributed by atoms with E-state index >= 15 is 0 Å². The molecule has 6 nitrogen and oxygen atoms in total. The predicted molar refractivity (Wildman–Crippen MR) is 83.8 cm³/mol. The molecule has 2 rings (SSSR count). The molecule has 3 N–H and O–H groups in total. The van der Waals surface area contributed by atoms with Crippen LogP contribution in [-0.2, 0) is 13.0 Å². The molecular formula is C16H21N3O3. The van der Waals surface area contributed by atoms with E-state index in [9.17, 15) is 9.59 Å². The Morgan fingerprint density at radius 1 is 1.41 bits per heavy atom. The lowest BCUT2D eigenvalue weighted by Crippen LogP contribution is -2.42. The average molecular weight is 303 g/mol. The van der Waals surface area contributed by atoms with Gasteiger partial charge in [0.15, 0.2) is 0 Å². The highest BCUT2D eigenvalue weighted by Gasteiger charge is 2.11. The fraction of sp³-hybridized carbons (Fsp3) is 0.375. The second-order valence-electron chi connectivity index (χ2n) is 5.45. The van der Waals surface area contributed by atoms with E-state index in [0.717, 1.165) is 17.0 Å². The largest absolute Gasteiger partial charge is 0.469 e. The fourth-order valence-electron chi connectivity index (χ4n) is 2.33. The SMILES string of the molecule is Cc1cc(C)c(CNC(=O)N[C@@H](C)Cc2ccco2)c(=O)[nH]1. The minimum atomic E-state index is -0.307. The number of carbonyl (C=O) groups is 1. The molecule has 118 valence electrons. The van der Waals surface area contributed by atoms with Crippen molar-refractivity contribution in [1.82, 2.24) is 15.6 Å². The summed E-state index contributed by atoms with van der Waals surface area (Å²) in [6, 6.07) is 5.19. The number of hydrogen-bond acceptors (Lipinski definition) is 3. The number of nitrogens with one attached hydrogen (secondary N) is 3. The Morgan fingerprint density at radius 2 is 2.18 bits per heavy atom. The van der Waals surface area contributed by atoms with Crippen molar-refractivity contribution < 1.29 is 9.21 Å². The lowest BCUT2D eigenvalue weighted by Gasteiger charge is -2.14. The molecule has 0 aliphatic rings. The Bertz CT molecular complexity index is 689. The number of hydrogen-bond donors (Lipinski definition) is 3. The molecular weight excluding hydrogens is 282 g/mol. The summed E-state index contributed by atoms with van der Waals surface area (Å²) < 4.78 is 5.24. The molecule has 0 fully saturated rings. The van der Waals surface area contributed by atoms with Crippen LogP contribution in [0, 0.1) is 13.8 Å². The number of urea groups is 1. The van der Waals surface area contributed by atoms with Gasteiger partial charge in [0.05, 0.1) is 12.8 Å². The molecule has 0 saturated heterocycles. The molecule has 2 heterocycles. The number of carbonyl (C=O) groups excluding carboxylic acids is 1. The summed E-state index contributed by atoms with van der Waals surface area (Å²) in [7, 11) is 0. The van der Waals surface area contributed by atoms with Gasteiger partial charge in [0.1, 0.15) is 5.76 Å². The van der Waals surface area contributed by atoms with E-state index in [1.807, 2.05) is 39.0 Å². The lowest BCUT2D eigenvalue weighted by molar-refractivity contribution is 0.237. The van der Waals surface area contributed by atoms with E-state index in [1.165, 1.54) is 0 Å². The number of furan rings is 1. The van der Waals surface area contributed by atoms with E-state index in [-0.39, 0.29) is 24.2 Å². The van der Waals surface area contributed by atoms with E-state index in [1.54, 1.807) is 6.26 Å². The van der Waals surface area contributed by atoms with E-state index in [0.29, 0.717) is 12.0 Å². The highest BCUT2D eigenvalue weighted by atomic mass is 16.3. The van der Waals surface area contributed by atoms with E-state index in [2.05, 4.69) is 15.6 Å². The number of aromatic nitrogens is 1. The Kier molecular flexibility index (Phi) is 5.04. The molecule has 0 bridgehead atoms. The third kappa shape index (κ3) is 4.25. The maximum atomic E-state index is 11.9. The van der Waals surface area contributed by atoms with Crippen LogP contribution in [0.25, 0.3) is 0 Å². The van der Waals surface area contributed by atoms with Crippen molar-refractivity contribution in [3.63, 3.8) is 0 Å². The summed E-state index contributed by atoms with van der Waals surface area (Å²) in [4.78, 5) is 26.5. The highest BCUT2D eigenvalue weighted by molar-refractivity contribution is 5.74. The molecule has 0 aromatic carbocycles. The lowest BCUT2D eigenvalue weighted by atomic mass is 10.1. The van der Waals surface area contributed by atoms with Crippen molar-refractivity contribution in [2.75, 3.05) is 0 Å². The number of pyridine rings is 1. The van der Waals surface area contributed by atoms with Crippen molar-refractivity contribution in [2.24, 2.45) is 0 Å². The third-order valence-corrected chi connectivity index (χ3v) is 3.38. The Hall–Kier alpha value is -2.50. The zero-order chi connectivity index (χ0) is 16.1. The second kappa shape index (κ2) is 6.98. The number of aryl methyl sites for hydroxylation is 2. The van der Waals surface area contributed by atoms with Crippen LogP contribution in [0.2, 0.25) is 0 Å². The number of aromatic amines is 1. The minimum absolute atomic E-state index is 0.0662. The molecule has 0 aliphatic heterocycles. The maximum Gasteiger partial charge on any atom is 0.315 e. The molecule has 2 aromatic heterocycles. The van der Waals surface area contributed by atoms with Gasteiger partial charge in [-0.3, -0.25) is 4.79 Å². The Labute approximate surface area is 128 Å². The van der Waals surface area contributed by atoms with Gasteiger partial charge in [0, 0.05) is 23.7 Å². The monoisotopic (exact) mass is 303 g/mol. The van der Waals surface area contributed by atoms with Gasteiger partial charge in [-0.05, 0) is 44.5 Å². The van der Waals surface area contributed by atoms with Crippen LogP contribution < -0.4 is 16.2 Å². The smallest absolute Gasteiger partial charge is 0.315 e. The summed E-state index contributed by atoms with van der Waals surface area (Å²) in [6.07, 6.45) is 2.22. The standard InChI is InChI=1S/C16H21N3O3/c1-10-7-11(2)18-15(20)14(10)9-17-16(21)19-12(3)8-13-5-4-6-22-13/h4-7,12H,8-9H2,1-3H3,(H,18,20)(H2,17,19,21)/t12-/m0/s1. The first-order valence-corrected chi connectivity index (χ1v) is 7.22. The van der Waals surface area contributed by atoms with Crippen molar-refractivity contribution in [1.29, 1.82) is 0 Å². The minimum Gasteiger partial charge on any atom is -0.469 e. The van der Waals surface area contributed by atoms with Gasteiger partial charge in [-0.25, -0.2) is 4.79 Å². The van der Waals surface area contributed by atoms with Crippen molar-refractivity contribution in [3.8, 4) is 0 Å². The summed E-state index contributed by atoms with van der Waals surface area (Å²) >= 11 is 0. The molecule has 0 radical (unpaired) electrons. The number of rotatable bonds is 5. The van der Waals surface area contributed by atoms with E-state index in [4.69, 9.17) is 4.42 Å². The first kappa shape index (κ1) is 15.9. The summed E-state index contributed by atoms with van der Waals surface area (Å²) in [6.45, 7) is 5.78. The van der Waals surface area contributed by atoms with Crippen LogP contribution >= 0.6 is 0 Å². The molecule has 2 amide bonds. The third-order valence-electron chi connectivity index (χ3n) is 3.38. The second-order valence-corrected chi connectivity index (χ2v) is 5.45. The summed E-state index contributed by atoms with van der Waals surface area (Å²) in [5, 5.41) is 5.53. The summed E-state index contributed by atoms with van der Waals surface area (Å²) in [5.41, 5.74) is 2.08. The molecule has 1 atom stereocenters. The predicted octanol–water partition coefficient (Wildman–Crippen LogP) is 2.02. The summed E-state index contributed by atoms with van der Waals surface area (Å²) in [5.74, 6) is 0.818. The van der Waals surface area contributed by atoms with Gasteiger partial charge >= 0.3 is 6.03 Å². The Balaban J connectivity index is 1.86. The molecule has 6 heteroatoms. The molecule has 22 heavy (non-hydrogen) atoms. The van der Waals surface area contributed by atoms with Crippen molar-refractivity contribution >= 4 is 6.03 Å². The zero-order valence-corrected chi connectivity index (χ0v) is 13.0. The van der Waals surface area contributed by atoms with Crippen LogP contribution in [0.3, 0.4) is 0 Å². The van der Waals surface area contributed by atoms with Crippen LogP contribution in [0.4, 0.5) is 4.79 Å². The first-order chi connectivity index (χ1) is 10.5. The number of amides is 2. The van der Waals surface area contributed by atoms with Gasteiger partial charge in [-0.15, -0.1) is 0 Å². The number of H-pyrrole nitrogens is 1. The van der Waals surface area contributed by atoms with Crippen molar-refractivity contribution in [2.45, 2.75) is 39.8 Å². The normalized spacial score (nSPS) is 12.0. The van der Waals surface area contributed by atoms with Crippen LogP contribution in [0.1, 0.15) is 29.5 Å². The average Bonchev–Trinajstić information content (AvgIpc) is 2.89. The zero-order valence-electron chi connectivity index (χ0n) is 13.0. The molecule has 0 saturated carbocycles. The van der Waals surface area contributed by atoms with Crippen molar-refractivity contribution in [3.05, 3.63) is 57.4 Å². The topological polar surface area (TPSA) is 87.1 Å². The Morgan fingerprint density at radius 3 is 2.82 bits per heavy atom. The van der Waals surface area contributed by atoms with Gasteiger partial charge in [-0.1, -0.05) is 0 Å². The van der Waals surface area contributed by atoms with Crippen LogP contribution in [0.5, 0.6) is 0 Å². The molecule has 0 unspecified atom stereocenters. The van der Waals surface area contributed by atoms with Gasteiger partial charge in [-0.2, -0.15) is 0 Å². The van der Waals surface area contributed by atoms with Gasteiger partial charge in [0.25, 0.3) is 5.56 Å². The van der Waals surface area contributed by atoms with Crippen LogP contribution in [0.15, 0.2) is 33.7 Å². The molecule has 2 aromatic rings. The fourth-order valence-corrected chi connectivity index (χ4v) is 2.33. The van der Waals surface area contributed by atoms with Gasteiger partial charge in [0.2, 0.25) is 0 Å². The van der Waals surface area contributed by atoms with Crippen LogP contribution in [-0.4, -0.2) is 17.1 Å². The maximum absolute atomic E-state index is 11.9.